The number of thiazole rings is 1. The van der Waals surface area contributed by atoms with E-state index in [0.717, 1.165) is 26.2 Å². The smallest absolute Gasteiger partial charge is 0.261 e. The van der Waals surface area contributed by atoms with E-state index in [2.05, 4.69) is 26.2 Å². The van der Waals surface area contributed by atoms with Crippen molar-refractivity contribution in [1.29, 1.82) is 0 Å². The van der Waals surface area contributed by atoms with Crippen LogP contribution < -0.4 is 5.32 Å². The van der Waals surface area contributed by atoms with Crippen molar-refractivity contribution in [2.45, 2.75) is 6.42 Å². The molecule has 4 rings (SSSR count). The molecule has 6 nitrogen and oxygen atoms in total. The molecule has 0 saturated heterocycles. The first-order valence-corrected chi connectivity index (χ1v) is 10.0. The summed E-state index contributed by atoms with van der Waals surface area (Å²) in [5.74, 6) is -1.13. The Balaban J connectivity index is 1.48. The number of carbonyl (C=O) groups excluding carboxylic acids is 3. The van der Waals surface area contributed by atoms with E-state index < -0.39 is 5.91 Å². The third-order valence-corrected chi connectivity index (χ3v) is 5.86. The van der Waals surface area contributed by atoms with Gasteiger partial charge in [-0.2, -0.15) is 0 Å². The van der Waals surface area contributed by atoms with Crippen LogP contribution in [-0.4, -0.2) is 34.7 Å². The number of hydrogen-bond donors (Lipinski definition) is 1. The Labute approximate surface area is 173 Å². The number of hydrogen-bond acceptors (Lipinski definition) is 5. The molecule has 0 radical (unpaired) electrons. The van der Waals surface area contributed by atoms with Crippen LogP contribution in [0, 0.1) is 0 Å². The van der Waals surface area contributed by atoms with Gasteiger partial charge < -0.3 is 0 Å². The molecule has 140 valence electrons. The third-order valence-electron chi connectivity index (χ3n) is 4.42. The molecule has 1 aromatic heterocycles. The molecule has 0 saturated carbocycles. The molecule has 8 heteroatoms. The van der Waals surface area contributed by atoms with Gasteiger partial charge in [-0.25, -0.2) is 4.98 Å². The van der Waals surface area contributed by atoms with Crippen molar-refractivity contribution >= 4 is 50.1 Å². The first kappa shape index (κ1) is 18.5. The maximum Gasteiger partial charge on any atom is 0.261 e. The molecular weight excluding hydrogens is 442 g/mol. The summed E-state index contributed by atoms with van der Waals surface area (Å²) in [6.45, 7) is 0. The van der Waals surface area contributed by atoms with Crippen LogP contribution in [0.3, 0.4) is 0 Å². The highest BCUT2D eigenvalue weighted by Crippen LogP contribution is 2.25. The van der Waals surface area contributed by atoms with E-state index in [1.807, 2.05) is 24.3 Å². The van der Waals surface area contributed by atoms with Gasteiger partial charge in [0.25, 0.3) is 17.7 Å². The topological polar surface area (TPSA) is 79.4 Å². The number of amides is 3. The summed E-state index contributed by atoms with van der Waals surface area (Å²) in [6.07, 6.45) is 2.46. The fraction of sp³-hybridized carbons (Fsp3) is 0.100. The van der Waals surface area contributed by atoms with E-state index in [1.54, 1.807) is 6.20 Å². The van der Waals surface area contributed by atoms with Crippen molar-refractivity contribution in [1.82, 2.24) is 9.88 Å². The van der Waals surface area contributed by atoms with Gasteiger partial charge in [0.05, 0.1) is 11.1 Å². The van der Waals surface area contributed by atoms with Crippen LogP contribution in [0.2, 0.25) is 0 Å². The van der Waals surface area contributed by atoms with E-state index in [1.165, 1.54) is 36.6 Å². The highest BCUT2D eigenvalue weighted by molar-refractivity contribution is 9.10. The number of carbonyl (C=O) groups is 3. The minimum absolute atomic E-state index is 0.246. The van der Waals surface area contributed by atoms with Crippen LogP contribution >= 0.6 is 27.3 Å². The molecule has 28 heavy (non-hydrogen) atoms. The maximum atomic E-state index is 12.5. The van der Waals surface area contributed by atoms with Gasteiger partial charge in [-0.3, -0.25) is 24.6 Å². The predicted molar refractivity (Wildman–Crippen MR) is 110 cm³/mol. The second-order valence-corrected chi connectivity index (χ2v) is 8.35. The molecule has 0 fully saturated rings. The summed E-state index contributed by atoms with van der Waals surface area (Å²) in [7, 11) is 1.42. The van der Waals surface area contributed by atoms with Gasteiger partial charge in [0.1, 0.15) is 0 Å². The molecule has 0 bridgehead atoms. The molecule has 1 aliphatic heterocycles. The minimum Gasteiger partial charge on any atom is -0.298 e. The summed E-state index contributed by atoms with van der Waals surface area (Å²) in [4.78, 5) is 42.9. The summed E-state index contributed by atoms with van der Waals surface area (Å²) < 4.78 is 1.02. The molecule has 0 spiro atoms. The van der Waals surface area contributed by atoms with E-state index in [-0.39, 0.29) is 17.4 Å². The normalized spacial score (nSPS) is 13.0. The second-order valence-electron chi connectivity index (χ2n) is 6.32. The Hall–Kier alpha value is -2.84. The summed E-state index contributed by atoms with van der Waals surface area (Å²) >= 11 is 4.81. The Kier molecular flexibility index (Phi) is 4.82. The largest absolute Gasteiger partial charge is 0.298 e. The lowest BCUT2D eigenvalue weighted by atomic mass is 10.1. The van der Waals surface area contributed by atoms with Crippen LogP contribution in [0.5, 0.6) is 0 Å². The number of fused-ring (bicyclic) bond motifs is 1. The average molecular weight is 456 g/mol. The fourth-order valence-corrected chi connectivity index (χ4v) is 4.03. The van der Waals surface area contributed by atoms with E-state index in [9.17, 15) is 14.4 Å². The maximum absolute atomic E-state index is 12.5. The van der Waals surface area contributed by atoms with Crippen molar-refractivity contribution in [3.05, 3.63) is 80.3 Å². The van der Waals surface area contributed by atoms with Crippen molar-refractivity contribution in [2.24, 2.45) is 0 Å². The van der Waals surface area contributed by atoms with Crippen LogP contribution in [0.1, 0.15) is 41.5 Å². The quantitative estimate of drug-likeness (QED) is 0.603. The lowest BCUT2D eigenvalue weighted by Gasteiger charge is -2.03. The number of aromatic nitrogens is 1. The zero-order chi connectivity index (χ0) is 19.8. The predicted octanol–water partition coefficient (Wildman–Crippen LogP) is 3.97. The van der Waals surface area contributed by atoms with Crippen molar-refractivity contribution in [3.8, 4) is 0 Å². The number of benzene rings is 2. The zero-order valence-corrected chi connectivity index (χ0v) is 17.1. The SMILES string of the molecule is CN1C(=O)c2ccc(C(=O)Nc3ncc(Cc4ccc(Br)cc4)s3)cc2C1=O. The number of nitrogens with zero attached hydrogens (tertiary/aromatic N) is 2. The van der Waals surface area contributed by atoms with Crippen molar-refractivity contribution in [2.75, 3.05) is 12.4 Å². The summed E-state index contributed by atoms with van der Waals surface area (Å²) in [6, 6.07) is 12.5. The summed E-state index contributed by atoms with van der Waals surface area (Å²) in [5.41, 5.74) is 2.01. The van der Waals surface area contributed by atoms with Gasteiger partial charge in [-0.1, -0.05) is 28.1 Å². The first-order valence-electron chi connectivity index (χ1n) is 8.39. The number of halogens is 1. The molecule has 3 aromatic rings. The van der Waals surface area contributed by atoms with Crippen molar-refractivity contribution < 1.29 is 14.4 Å². The molecule has 2 heterocycles. The Bertz CT molecular complexity index is 1110. The summed E-state index contributed by atoms with van der Waals surface area (Å²) in [5, 5.41) is 3.24. The molecular formula is C20H14BrN3O3S. The number of rotatable bonds is 4. The van der Waals surface area contributed by atoms with Crippen LogP contribution in [0.15, 0.2) is 53.1 Å². The van der Waals surface area contributed by atoms with Gasteiger partial charge in [0, 0.05) is 34.6 Å². The van der Waals surface area contributed by atoms with E-state index in [4.69, 9.17) is 0 Å². The molecule has 3 amide bonds. The molecule has 1 N–H and O–H groups in total. The number of nitrogens with one attached hydrogen (secondary N) is 1. The average Bonchev–Trinajstić information content (AvgIpc) is 3.22. The van der Waals surface area contributed by atoms with Crippen molar-refractivity contribution in [3.63, 3.8) is 0 Å². The van der Waals surface area contributed by atoms with Crippen LogP contribution in [0.4, 0.5) is 5.13 Å². The first-order chi connectivity index (χ1) is 13.4. The molecule has 0 unspecified atom stereocenters. The zero-order valence-electron chi connectivity index (χ0n) is 14.7. The Morgan fingerprint density at radius 3 is 2.57 bits per heavy atom. The molecule has 0 atom stereocenters. The monoisotopic (exact) mass is 455 g/mol. The van der Waals surface area contributed by atoms with Gasteiger partial charge >= 0.3 is 0 Å². The van der Waals surface area contributed by atoms with Gasteiger partial charge in [-0.15, -0.1) is 11.3 Å². The minimum atomic E-state index is -0.402. The lowest BCUT2D eigenvalue weighted by molar-refractivity contribution is 0.0693. The second kappa shape index (κ2) is 7.29. The van der Waals surface area contributed by atoms with Gasteiger partial charge in [-0.05, 0) is 35.9 Å². The highest BCUT2D eigenvalue weighted by Gasteiger charge is 2.33. The van der Waals surface area contributed by atoms with E-state index >= 15 is 0 Å². The lowest BCUT2D eigenvalue weighted by Crippen LogP contribution is -2.24. The number of anilines is 1. The molecule has 1 aliphatic rings. The number of imide groups is 1. The van der Waals surface area contributed by atoms with Gasteiger partial charge in [0.15, 0.2) is 5.13 Å². The van der Waals surface area contributed by atoms with E-state index in [0.29, 0.717) is 16.3 Å². The molecule has 2 aromatic carbocycles. The third kappa shape index (κ3) is 3.48. The molecule has 0 aliphatic carbocycles. The Morgan fingerprint density at radius 2 is 1.82 bits per heavy atom. The van der Waals surface area contributed by atoms with Gasteiger partial charge in [0.2, 0.25) is 0 Å². The standard InChI is InChI=1S/C20H14BrN3O3S/c1-24-18(26)15-7-4-12(9-16(15)19(24)27)17(25)23-20-22-10-14(28-20)8-11-2-5-13(21)6-3-11/h2-7,9-10H,8H2,1H3,(H,22,23,25). The van der Waals surface area contributed by atoms with Crippen LogP contribution in [0.25, 0.3) is 0 Å². The van der Waals surface area contributed by atoms with Crippen LogP contribution in [-0.2, 0) is 6.42 Å². The fourth-order valence-electron chi connectivity index (χ4n) is 2.92. The Morgan fingerprint density at radius 1 is 1.11 bits per heavy atom. The highest BCUT2D eigenvalue weighted by atomic mass is 79.9.